The molecule has 0 aliphatic heterocycles. The van der Waals surface area contributed by atoms with E-state index in [1.807, 2.05) is 42.7 Å². The predicted octanol–water partition coefficient (Wildman–Crippen LogP) is 4.86. The zero-order chi connectivity index (χ0) is 15.1. The van der Waals surface area contributed by atoms with Crippen LogP contribution in [0.15, 0.2) is 41.3 Å². The number of halogens is 1. The molecule has 0 aliphatic carbocycles. The number of benzene rings is 1. The summed E-state index contributed by atoms with van der Waals surface area (Å²) in [6, 6.07) is 11.7. The summed E-state index contributed by atoms with van der Waals surface area (Å²) in [7, 11) is 0. The quantitative estimate of drug-likeness (QED) is 0.738. The molecule has 0 saturated carbocycles. The van der Waals surface area contributed by atoms with Crippen LogP contribution in [-0.4, -0.2) is 17.8 Å². The molecule has 21 heavy (non-hydrogen) atoms. The van der Waals surface area contributed by atoms with Crippen LogP contribution in [0.2, 0.25) is 5.02 Å². The van der Waals surface area contributed by atoms with Crippen LogP contribution in [0.25, 0.3) is 0 Å². The van der Waals surface area contributed by atoms with Gasteiger partial charge in [0.1, 0.15) is 18.2 Å². The Bertz CT molecular complexity index is 575. The second-order valence-electron chi connectivity index (χ2n) is 4.52. The summed E-state index contributed by atoms with van der Waals surface area (Å²) in [6.07, 6.45) is 3.10. The lowest BCUT2D eigenvalue weighted by Crippen LogP contribution is -2.05. The molecule has 2 rings (SSSR count). The fourth-order valence-electron chi connectivity index (χ4n) is 1.76. The van der Waals surface area contributed by atoms with Crippen molar-refractivity contribution in [2.24, 2.45) is 0 Å². The maximum atomic E-state index is 6.17. The number of thioether (sulfide) groups is 1. The zero-order valence-corrected chi connectivity index (χ0v) is 13.8. The van der Waals surface area contributed by atoms with Crippen LogP contribution in [0.1, 0.15) is 19.0 Å². The van der Waals surface area contributed by atoms with Crippen molar-refractivity contribution < 1.29 is 4.74 Å². The predicted molar refractivity (Wildman–Crippen MR) is 90.6 cm³/mol. The van der Waals surface area contributed by atoms with Crippen molar-refractivity contribution in [1.82, 2.24) is 4.98 Å². The SMILES string of the molecule is CCCNc1ccc(Cl)c(COc2ccc(SC)cc2)n1. The monoisotopic (exact) mass is 322 g/mol. The number of aromatic nitrogens is 1. The van der Waals surface area contributed by atoms with Crippen molar-refractivity contribution in [1.29, 1.82) is 0 Å². The van der Waals surface area contributed by atoms with E-state index < -0.39 is 0 Å². The molecule has 0 unspecified atom stereocenters. The normalized spacial score (nSPS) is 10.4. The Kier molecular flexibility index (Phi) is 6.21. The van der Waals surface area contributed by atoms with E-state index in [9.17, 15) is 0 Å². The van der Waals surface area contributed by atoms with E-state index in [1.54, 1.807) is 11.8 Å². The minimum atomic E-state index is 0.360. The fourth-order valence-corrected chi connectivity index (χ4v) is 2.33. The summed E-state index contributed by atoms with van der Waals surface area (Å²) in [5, 5.41) is 3.87. The van der Waals surface area contributed by atoms with Gasteiger partial charge in [0.2, 0.25) is 0 Å². The summed E-state index contributed by atoms with van der Waals surface area (Å²) in [6.45, 7) is 3.37. The molecule has 0 atom stereocenters. The minimum Gasteiger partial charge on any atom is -0.487 e. The number of ether oxygens (including phenoxy) is 1. The van der Waals surface area contributed by atoms with Crippen molar-refractivity contribution in [3.05, 3.63) is 47.1 Å². The number of anilines is 1. The third-order valence-electron chi connectivity index (χ3n) is 2.91. The van der Waals surface area contributed by atoms with Gasteiger partial charge in [0.25, 0.3) is 0 Å². The molecule has 0 fully saturated rings. The largest absolute Gasteiger partial charge is 0.487 e. The van der Waals surface area contributed by atoms with Crippen molar-refractivity contribution in [3.8, 4) is 5.75 Å². The van der Waals surface area contributed by atoms with E-state index in [0.717, 1.165) is 30.2 Å². The topological polar surface area (TPSA) is 34.1 Å². The number of pyridine rings is 1. The molecule has 2 aromatic rings. The molecule has 1 aromatic carbocycles. The number of hydrogen-bond donors (Lipinski definition) is 1. The maximum Gasteiger partial charge on any atom is 0.132 e. The lowest BCUT2D eigenvalue weighted by atomic mass is 10.3. The first-order chi connectivity index (χ1) is 10.2. The van der Waals surface area contributed by atoms with Crippen LogP contribution in [0.4, 0.5) is 5.82 Å². The molecule has 112 valence electrons. The van der Waals surface area contributed by atoms with E-state index in [-0.39, 0.29) is 0 Å². The number of rotatable bonds is 7. The first-order valence-electron chi connectivity index (χ1n) is 6.89. The Labute approximate surface area is 135 Å². The third kappa shape index (κ3) is 4.83. The van der Waals surface area contributed by atoms with Crippen molar-refractivity contribution in [2.45, 2.75) is 24.8 Å². The number of nitrogens with zero attached hydrogens (tertiary/aromatic N) is 1. The Morgan fingerprint density at radius 1 is 1.19 bits per heavy atom. The number of nitrogens with one attached hydrogen (secondary N) is 1. The second kappa shape index (κ2) is 8.15. The van der Waals surface area contributed by atoms with Gasteiger partial charge in [-0.05, 0) is 49.1 Å². The molecular weight excluding hydrogens is 304 g/mol. The van der Waals surface area contributed by atoms with Gasteiger partial charge in [-0.1, -0.05) is 18.5 Å². The molecule has 0 radical (unpaired) electrons. The molecular formula is C16H19ClN2OS. The minimum absolute atomic E-state index is 0.360. The van der Waals surface area contributed by atoms with Crippen LogP contribution < -0.4 is 10.1 Å². The van der Waals surface area contributed by atoms with Gasteiger partial charge < -0.3 is 10.1 Å². The average Bonchev–Trinajstić information content (AvgIpc) is 2.53. The lowest BCUT2D eigenvalue weighted by Gasteiger charge is -2.10. The number of hydrogen-bond acceptors (Lipinski definition) is 4. The van der Waals surface area contributed by atoms with Gasteiger partial charge in [0.05, 0.1) is 10.7 Å². The third-order valence-corrected chi connectivity index (χ3v) is 4.00. The zero-order valence-electron chi connectivity index (χ0n) is 12.2. The van der Waals surface area contributed by atoms with E-state index >= 15 is 0 Å². The highest BCUT2D eigenvalue weighted by molar-refractivity contribution is 7.98. The van der Waals surface area contributed by atoms with Gasteiger partial charge in [-0.15, -0.1) is 11.8 Å². The first-order valence-corrected chi connectivity index (χ1v) is 8.49. The van der Waals surface area contributed by atoms with Crippen LogP contribution in [0.3, 0.4) is 0 Å². The molecule has 1 aromatic heterocycles. The Morgan fingerprint density at radius 2 is 1.95 bits per heavy atom. The van der Waals surface area contributed by atoms with Crippen molar-refractivity contribution >= 4 is 29.2 Å². The molecule has 0 aliphatic rings. The summed E-state index contributed by atoms with van der Waals surface area (Å²) in [5.41, 5.74) is 0.742. The van der Waals surface area contributed by atoms with E-state index in [2.05, 4.69) is 17.2 Å². The lowest BCUT2D eigenvalue weighted by molar-refractivity contribution is 0.301. The highest BCUT2D eigenvalue weighted by Crippen LogP contribution is 2.22. The maximum absolute atomic E-state index is 6.17. The second-order valence-corrected chi connectivity index (χ2v) is 5.80. The summed E-state index contributed by atoms with van der Waals surface area (Å²) >= 11 is 7.88. The van der Waals surface area contributed by atoms with Gasteiger partial charge >= 0.3 is 0 Å². The first kappa shape index (κ1) is 16.0. The van der Waals surface area contributed by atoms with Gasteiger partial charge in [-0.2, -0.15) is 0 Å². The Morgan fingerprint density at radius 3 is 2.62 bits per heavy atom. The Balaban J connectivity index is 2.00. The van der Waals surface area contributed by atoms with E-state index in [1.165, 1.54) is 4.90 Å². The molecule has 0 bridgehead atoms. The highest BCUT2D eigenvalue weighted by Gasteiger charge is 2.05. The molecule has 0 amide bonds. The van der Waals surface area contributed by atoms with Crippen molar-refractivity contribution in [2.75, 3.05) is 18.1 Å². The van der Waals surface area contributed by atoms with Crippen LogP contribution >= 0.6 is 23.4 Å². The summed E-state index contributed by atoms with van der Waals surface area (Å²) in [5.74, 6) is 1.65. The molecule has 3 nitrogen and oxygen atoms in total. The smallest absolute Gasteiger partial charge is 0.132 e. The van der Waals surface area contributed by atoms with Gasteiger partial charge in [0.15, 0.2) is 0 Å². The summed E-state index contributed by atoms with van der Waals surface area (Å²) in [4.78, 5) is 5.70. The van der Waals surface area contributed by atoms with Crippen molar-refractivity contribution in [3.63, 3.8) is 0 Å². The molecule has 1 N–H and O–H groups in total. The van der Waals surface area contributed by atoms with Gasteiger partial charge in [0, 0.05) is 11.4 Å². The van der Waals surface area contributed by atoms with Gasteiger partial charge in [-0.25, -0.2) is 4.98 Å². The molecule has 0 spiro atoms. The molecule has 0 saturated heterocycles. The fraction of sp³-hybridized carbons (Fsp3) is 0.312. The van der Waals surface area contributed by atoms with E-state index in [0.29, 0.717) is 11.6 Å². The standard InChI is InChI=1S/C16H19ClN2OS/c1-3-10-18-16-9-8-14(17)15(19-16)11-20-12-4-6-13(21-2)7-5-12/h4-9H,3,10-11H2,1-2H3,(H,18,19). The van der Waals surface area contributed by atoms with E-state index in [4.69, 9.17) is 16.3 Å². The molecule has 1 heterocycles. The van der Waals surface area contributed by atoms with Crippen LogP contribution in [0, 0.1) is 0 Å². The molecule has 5 heteroatoms. The van der Waals surface area contributed by atoms with Gasteiger partial charge in [-0.3, -0.25) is 0 Å². The average molecular weight is 323 g/mol. The van der Waals surface area contributed by atoms with Crippen LogP contribution in [-0.2, 0) is 6.61 Å². The summed E-state index contributed by atoms with van der Waals surface area (Å²) < 4.78 is 5.75. The Hall–Kier alpha value is -1.39. The van der Waals surface area contributed by atoms with Crippen LogP contribution in [0.5, 0.6) is 5.75 Å². The highest BCUT2D eigenvalue weighted by atomic mass is 35.5.